The topological polar surface area (TPSA) is 27.0 Å². The standard InChI is InChI=1S/C15H20N2/c1-13-5-7-14(8-6-13)12-17-11-3-2-4-15(17)9-10-16/h5-8,15H,2-4,9,11-12H2,1H3. The van der Waals surface area contributed by atoms with Gasteiger partial charge in [0, 0.05) is 12.6 Å². The minimum atomic E-state index is 0.468. The van der Waals surface area contributed by atoms with Crippen LogP contribution in [0.25, 0.3) is 0 Å². The van der Waals surface area contributed by atoms with Gasteiger partial charge in [0.2, 0.25) is 0 Å². The predicted octanol–water partition coefficient (Wildman–Crippen LogP) is 3.26. The van der Waals surface area contributed by atoms with E-state index in [4.69, 9.17) is 5.26 Å². The Morgan fingerprint density at radius 1 is 1.29 bits per heavy atom. The van der Waals surface area contributed by atoms with Gasteiger partial charge in [-0.1, -0.05) is 36.2 Å². The average molecular weight is 228 g/mol. The van der Waals surface area contributed by atoms with E-state index < -0.39 is 0 Å². The van der Waals surface area contributed by atoms with Crippen molar-refractivity contribution in [3.63, 3.8) is 0 Å². The van der Waals surface area contributed by atoms with Gasteiger partial charge in [0.15, 0.2) is 0 Å². The van der Waals surface area contributed by atoms with Crippen LogP contribution in [0.15, 0.2) is 24.3 Å². The van der Waals surface area contributed by atoms with Gasteiger partial charge in [0.25, 0.3) is 0 Å². The van der Waals surface area contributed by atoms with Crippen LogP contribution in [-0.2, 0) is 6.54 Å². The summed E-state index contributed by atoms with van der Waals surface area (Å²) in [5.74, 6) is 0. The summed E-state index contributed by atoms with van der Waals surface area (Å²) in [5, 5.41) is 8.86. The molecule has 0 N–H and O–H groups in total. The molecular weight excluding hydrogens is 208 g/mol. The molecule has 90 valence electrons. The van der Waals surface area contributed by atoms with Crippen LogP contribution in [0.5, 0.6) is 0 Å². The van der Waals surface area contributed by atoms with Gasteiger partial charge < -0.3 is 0 Å². The third-order valence-corrected chi connectivity index (χ3v) is 3.58. The molecule has 1 aliphatic rings. The van der Waals surface area contributed by atoms with Crippen molar-refractivity contribution < 1.29 is 0 Å². The minimum absolute atomic E-state index is 0.468. The first kappa shape index (κ1) is 12.1. The lowest BCUT2D eigenvalue weighted by Crippen LogP contribution is -2.38. The van der Waals surface area contributed by atoms with Crippen molar-refractivity contribution >= 4 is 0 Å². The molecule has 0 amide bonds. The van der Waals surface area contributed by atoms with E-state index in [1.165, 1.54) is 30.4 Å². The van der Waals surface area contributed by atoms with Crippen LogP contribution >= 0.6 is 0 Å². The van der Waals surface area contributed by atoms with Gasteiger partial charge in [0.05, 0.1) is 12.5 Å². The number of hydrogen-bond donors (Lipinski definition) is 0. The normalized spacial score (nSPS) is 21.1. The Hall–Kier alpha value is -1.33. The summed E-state index contributed by atoms with van der Waals surface area (Å²) < 4.78 is 0. The molecule has 0 aliphatic carbocycles. The second-order valence-corrected chi connectivity index (χ2v) is 4.97. The molecule has 0 spiro atoms. The quantitative estimate of drug-likeness (QED) is 0.794. The molecular formula is C15H20N2. The molecule has 1 aliphatic heterocycles. The fourth-order valence-electron chi connectivity index (χ4n) is 2.53. The number of nitrogens with zero attached hydrogens (tertiary/aromatic N) is 2. The maximum atomic E-state index is 8.86. The van der Waals surface area contributed by atoms with E-state index in [0.29, 0.717) is 12.5 Å². The summed E-state index contributed by atoms with van der Waals surface area (Å²) in [4.78, 5) is 2.47. The number of piperidine rings is 1. The van der Waals surface area contributed by atoms with Crippen LogP contribution in [0.4, 0.5) is 0 Å². The molecule has 2 heteroatoms. The highest BCUT2D eigenvalue weighted by molar-refractivity contribution is 5.21. The van der Waals surface area contributed by atoms with Crippen LogP contribution in [0, 0.1) is 18.3 Å². The van der Waals surface area contributed by atoms with E-state index in [1.54, 1.807) is 0 Å². The van der Waals surface area contributed by atoms with E-state index in [0.717, 1.165) is 13.1 Å². The lowest BCUT2D eigenvalue weighted by atomic mass is 9.99. The highest BCUT2D eigenvalue weighted by atomic mass is 15.2. The molecule has 1 atom stereocenters. The number of rotatable bonds is 3. The smallest absolute Gasteiger partial charge is 0.0638 e. The zero-order chi connectivity index (χ0) is 12.1. The monoisotopic (exact) mass is 228 g/mol. The number of nitriles is 1. The van der Waals surface area contributed by atoms with Crippen LogP contribution in [0.2, 0.25) is 0 Å². The highest BCUT2D eigenvalue weighted by Gasteiger charge is 2.21. The molecule has 0 saturated carbocycles. The molecule has 1 heterocycles. The number of likely N-dealkylation sites (tertiary alicyclic amines) is 1. The van der Waals surface area contributed by atoms with Crippen molar-refractivity contribution in [2.45, 2.75) is 45.2 Å². The summed E-state index contributed by atoms with van der Waals surface area (Å²) in [6.07, 6.45) is 4.40. The number of aryl methyl sites for hydroxylation is 1. The number of benzene rings is 1. The summed E-state index contributed by atoms with van der Waals surface area (Å²) in [6, 6.07) is 11.5. The Morgan fingerprint density at radius 2 is 2.06 bits per heavy atom. The van der Waals surface area contributed by atoms with Crippen molar-refractivity contribution in [1.82, 2.24) is 4.90 Å². The molecule has 0 bridgehead atoms. The summed E-state index contributed by atoms with van der Waals surface area (Å²) in [6.45, 7) is 4.25. The van der Waals surface area contributed by atoms with Gasteiger partial charge in [-0.25, -0.2) is 0 Å². The fourth-order valence-corrected chi connectivity index (χ4v) is 2.53. The van der Waals surface area contributed by atoms with Gasteiger partial charge in [-0.05, 0) is 31.9 Å². The van der Waals surface area contributed by atoms with Crippen LogP contribution in [0.3, 0.4) is 0 Å². The lowest BCUT2D eigenvalue weighted by Gasteiger charge is -2.34. The first-order valence-electron chi connectivity index (χ1n) is 6.46. The minimum Gasteiger partial charge on any atom is -0.295 e. The third-order valence-electron chi connectivity index (χ3n) is 3.58. The van der Waals surface area contributed by atoms with E-state index in [-0.39, 0.29) is 0 Å². The predicted molar refractivity (Wildman–Crippen MR) is 69.5 cm³/mol. The zero-order valence-corrected chi connectivity index (χ0v) is 10.5. The SMILES string of the molecule is Cc1ccc(CN2CCCCC2CC#N)cc1. The molecule has 0 radical (unpaired) electrons. The Kier molecular flexibility index (Phi) is 4.17. The molecule has 1 saturated heterocycles. The second kappa shape index (κ2) is 5.84. The average Bonchev–Trinajstić information content (AvgIpc) is 2.35. The molecule has 1 aromatic rings. The maximum absolute atomic E-state index is 8.86. The van der Waals surface area contributed by atoms with Crippen molar-refractivity contribution in [1.29, 1.82) is 5.26 Å². The third kappa shape index (κ3) is 3.31. The lowest BCUT2D eigenvalue weighted by molar-refractivity contribution is 0.142. The van der Waals surface area contributed by atoms with E-state index in [2.05, 4.69) is 42.2 Å². The largest absolute Gasteiger partial charge is 0.295 e. The van der Waals surface area contributed by atoms with Crippen molar-refractivity contribution in [2.75, 3.05) is 6.54 Å². The Balaban J connectivity index is 2.00. The summed E-state index contributed by atoms with van der Waals surface area (Å²) in [7, 11) is 0. The summed E-state index contributed by atoms with van der Waals surface area (Å²) >= 11 is 0. The molecule has 0 aromatic heterocycles. The van der Waals surface area contributed by atoms with Crippen molar-refractivity contribution in [2.24, 2.45) is 0 Å². The highest BCUT2D eigenvalue weighted by Crippen LogP contribution is 2.21. The Morgan fingerprint density at radius 3 is 2.76 bits per heavy atom. The van der Waals surface area contributed by atoms with Crippen molar-refractivity contribution in [3.8, 4) is 6.07 Å². The molecule has 2 rings (SSSR count). The Labute approximate surface area is 104 Å². The zero-order valence-electron chi connectivity index (χ0n) is 10.5. The van der Waals surface area contributed by atoms with E-state index in [1.807, 2.05) is 0 Å². The van der Waals surface area contributed by atoms with Gasteiger partial charge in [-0.15, -0.1) is 0 Å². The molecule has 1 aromatic carbocycles. The van der Waals surface area contributed by atoms with Crippen LogP contribution < -0.4 is 0 Å². The molecule has 2 nitrogen and oxygen atoms in total. The Bertz CT molecular complexity index is 388. The van der Waals surface area contributed by atoms with E-state index >= 15 is 0 Å². The first-order chi connectivity index (χ1) is 8.29. The van der Waals surface area contributed by atoms with Gasteiger partial charge in [-0.2, -0.15) is 5.26 Å². The van der Waals surface area contributed by atoms with Gasteiger partial charge >= 0.3 is 0 Å². The van der Waals surface area contributed by atoms with Crippen molar-refractivity contribution in [3.05, 3.63) is 35.4 Å². The maximum Gasteiger partial charge on any atom is 0.0638 e. The first-order valence-corrected chi connectivity index (χ1v) is 6.46. The van der Waals surface area contributed by atoms with Gasteiger partial charge in [0.1, 0.15) is 0 Å². The van der Waals surface area contributed by atoms with Crippen LogP contribution in [-0.4, -0.2) is 17.5 Å². The fraction of sp³-hybridized carbons (Fsp3) is 0.533. The molecule has 1 fully saturated rings. The molecule has 1 unspecified atom stereocenters. The molecule has 17 heavy (non-hydrogen) atoms. The number of hydrogen-bond acceptors (Lipinski definition) is 2. The van der Waals surface area contributed by atoms with Crippen LogP contribution in [0.1, 0.15) is 36.8 Å². The second-order valence-electron chi connectivity index (χ2n) is 4.97. The summed E-state index contributed by atoms with van der Waals surface area (Å²) in [5.41, 5.74) is 2.67. The van der Waals surface area contributed by atoms with E-state index in [9.17, 15) is 0 Å². The van der Waals surface area contributed by atoms with Gasteiger partial charge in [-0.3, -0.25) is 4.90 Å².